The molecule has 0 atom stereocenters. The maximum absolute atomic E-state index is 12.8. The summed E-state index contributed by atoms with van der Waals surface area (Å²) >= 11 is 8.31. The molecule has 0 radical (unpaired) electrons. The summed E-state index contributed by atoms with van der Waals surface area (Å²) in [5, 5.41) is 12.4. The maximum atomic E-state index is 12.8. The summed E-state index contributed by atoms with van der Waals surface area (Å²) in [6.07, 6.45) is 0. The molecule has 0 saturated carbocycles. The van der Waals surface area contributed by atoms with Crippen molar-refractivity contribution in [2.75, 3.05) is 24.3 Å². The summed E-state index contributed by atoms with van der Waals surface area (Å²) in [5.74, 6) is -0.447. The third-order valence-corrected chi connectivity index (χ3v) is 7.44. The van der Waals surface area contributed by atoms with E-state index in [4.69, 9.17) is 25.8 Å². The highest BCUT2D eigenvalue weighted by molar-refractivity contribution is 7.99. The average molecular weight is 567 g/mol. The highest BCUT2D eigenvalue weighted by Crippen LogP contribution is 2.34. The number of carbonyl (C=O) groups is 3. The molecule has 2 heterocycles. The molecular weight excluding hydrogens is 540 g/mol. The standard InChI is InChI=1S/C24H27ClN4O6S2/c1-5-29-17(12-35-16-11-9-8-10-15(16)25)27-28-24(29)36-13-18(30)26-21-19(22(31)33-6-2)14(4)20(37-21)23(32)34-7-3/h8-11H,5-7,12-13H2,1-4H3,(H,26,30). The molecule has 0 spiro atoms. The van der Waals surface area contributed by atoms with Gasteiger partial charge in [-0.1, -0.05) is 35.5 Å². The van der Waals surface area contributed by atoms with Crippen molar-refractivity contribution in [3.8, 4) is 5.75 Å². The van der Waals surface area contributed by atoms with Gasteiger partial charge >= 0.3 is 11.9 Å². The molecule has 37 heavy (non-hydrogen) atoms. The number of hydrogen-bond donors (Lipinski definition) is 1. The van der Waals surface area contributed by atoms with E-state index < -0.39 is 11.9 Å². The minimum absolute atomic E-state index is 0.00252. The predicted octanol–water partition coefficient (Wildman–Crippen LogP) is 4.98. The van der Waals surface area contributed by atoms with Crippen LogP contribution in [0.25, 0.3) is 0 Å². The van der Waals surface area contributed by atoms with E-state index in [1.54, 1.807) is 32.9 Å². The van der Waals surface area contributed by atoms with E-state index in [-0.39, 0.29) is 46.9 Å². The fraction of sp³-hybridized carbons (Fsp3) is 0.375. The Morgan fingerprint density at radius 1 is 1.08 bits per heavy atom. The minimum Gasteiger partial charge on any atom is -0.484 e. The molecule has 0 bridgehead atoms. The first-order valence-electron chi connectivity index (χ1n) is 11.5. The smallest absolute Gasteiger partial charge is 0.348 e. The van der Waals surface area contributed by atoms with Gasteiger partial charge in [-0.3, -0.25) is 4.79 Å². The molecule has 0 aliphatic heterocycles. The lowest BCUT2D eigenvalue weighted by molar-refractivity contribution is -0.113. The van der Waals surface area contributed by atoms with Crippen LogP contribution in [0.5, 0.6) is 5.75 Å². The van der Waals surface area contributed by atoms with Gasteiger partial charge in [0.15, 0.2) is 11.0 Å². The van der Waals surface area contributed by atoms with Crippen LogP contribution < -0.4 is 10.1 Å². The van der Waals surface area contributed by atoms with Crippen LogP contribution in [0, 0.1) is 6.92 Å². The van der Waals surface area contributed by atoms with E-state index >= 15 is 0 Å². The topological polar surface area (TPSA) is 122 Å². The lowest BCUT2D eigenvalue weighted by atomic mass is 10.1. The number of para-hydroxylation sites is 1. The molecule has 1 N–H and O–H groups in total. The number of anilines is 1. The second-order valence-corrected chi connectivity index (χ2v) is 9.77. The summed E-state index contributed by atoms with van der Waals surface area (Å²) in [5.41, 5.74) is 0.544. The van der Waals surface area contributed by atoms with Gasteiger partial charge in [-0.2, -0.15) is 0 Å². The Morgan fingerprint density at radius 2 is 1.78 bits per heavy atom. The molecule has 0 aliphatic rings. The van der Waals surface area contributed by atoms with Gasteiger partial charge in [-0.15, -0.1) is 21.5 Å². The van der Waals surface area contributed by atoms with Crippen molar-refractivity contribution < 1.29 is 28.6 Å². The van der Waals surface area contributed by atoms with Crippen molar-refractivity contribution in [2.24, 2.45) is 0 Å². The van der Waals surface area contributed by atoms with Gasteiger partial charge in [0.2, 0.25) is 5.91 Å². The highest BCUT2D eigenvalue weighted by atomic mass is 35.5. The van der Waals surface area contributed by atoms with Crippen molar-refractivity contribution in [1.82, 2.24) is 14.8 Å². The Morgan fingerprint density at radius 3 is 2.46 bits per heavy atom. The number of benzene rings is 1. The molecule has 10 nitrogen and oxygen atoms in total. The van der Waals surface area contributed by atoms with Crippen molar-refractivity contribution in [3.63, 3.8) is 0 Å². The minimum atomic E-state index is -0.622. The molecule has 0 aliphatic carbocycles. The molecule has 3 rings (SSSR count). The lowest BCUT2D eigenvalue weighted by Crippen LogP contribution is -2.17. The second kappa shape index (κ2) is 13.5. The zero-order chi connectivity index (χ0) is 26.9. The van der Waals surface area contributed by atoms with Crippen molar-refractivity contribution >= 4 is 57.5 Å². The van der Waals surface area contributed by atoms with Crippen LogP contribution in [0.3, 0.4) is 0 Å². The number of amides is 1. The predicted molar refractivity (Wildman–Crippen MR) is 142 cm³/mol. The fourth-order valence-electron chi connectivity index (χ4n) is 3.29. The van der Waals surface area contributed by atoms with Crippen LogP contribution in [-0.4, -0.2) is 51.6 Å². The quantitative estimate of drug-likeness (QED) is 0.239. The summed E-state index contributed by atoms with van der Waals surface area (Å²) in [6, 6.07) is 7.14. The number of rotatable bonds is 12. The number of thiophene rings is 1. The summed E-state index contributed by atoms with van der Waals surface area (Å²) in [4.78, 5) is 37.9. The number of carbonyl (C=O) groups excluding carboxylic acids is 3. The Bertz CT molecular complexity index is 1280. The number of hydrogen-bond acceptors (Lipinski definition) is 10. The van der Waals surface area contributed by atoms with Gasteiger partial charge in [0.25, 0.3) is 0 Å². The number of nitrogens with zero attached hydrogens (tertiary/aromatic N) is 3. The van der Waals surface area contributed by atoms with Crippen LogP contribution in [-0.2, 0) is 27.4 Å². The van der Waals surface area contributed by atoms with Crippen molar-refractivity contribution in [1.29, 1.82) is 0 Å². The number of nitrogens with one attached hydrogen (secondary N) is 1. The van der Waals surface area contributed by atoms with E-state index in [2.05, 4.69) is 15.5 Å². The third kappa shape index (κ3) is 7.02. The first-order valence-corrected chi connectivity index (χ1v) is 13.7. The Hall–Kier alpha value is -3.09. The average Bonchev–Trinajstić information content (AvgIpc) is 3.42. The van der Waals surface area contributed by atoms with Crippen LogP contribution >= 0.6 is 34.7 Å². The number of thioether (sulfide) groups is 1. The maximum Gasteiger partial charge on any atom is 0.348 e. The first-order chi connectivity index (χ1) is 17.8. The Kier molecular flexibility index (Phi) is 10.4. The van der Waals surface area contributed by atoms with Crippen LogP contribution in [0.1, 0.15) is 52.2 Å². The van der Waals surface area contributed by atoms with Crippen molar-refractivity contribution in [3.05, 3.63) is 51.1 Å². The van der Waals surface area contributed by atoms with Crippen LogP contribution in [0.2, 0.25) is 5.02 Å². The zero-order valence-electron chi connectivity index (χ0n) is 20.8. The van der Waals surface area contributed by atoms with E-state index in [9.17, 15) is 14.4 Å². The van der Waals surface area contributed by atoms with Crippen LogP contribution in [0.4, 0.5) is 5.00 Å². The molecule has 3 aromatic rings. The largest absolute Gasteiger partial charge is 0.484 e. The van der Waals surface area contributed by atoms with Crippen molar-refractivity contribution in [2.45, 2.75) is 46.0 Å². The molecular formula is C24H27ClN4O6S2. The van der Waals surface area contributed by atoms with Gasteiger partial charge in [-0.25, -0.2) is 9.59 Å². The van der Waals surface area contributed by atoms with Gasteiger partial charge in [0, 0.05) is 6.54 Å². The lowest BCUT2D eigenvalue weighted by Gasteiger charge is -2.10. The first kappa shape index (κ1) is 28.5. The van der Waals surface area contributed by atoms with Gasteiger partial charge in [0.05, 0.1) is 29.6 Å². The normalized spacial score (nSPS) is 10.7. The number of ether oxygens (including phenoxy) is 3. The van der Waals surface area contributed by atoms with Gasteiger partial charge in [0.1, 0.15) is 22.2 Å². The molecule has 198 valence electrons. The number of aromatic nitrogens is 3. The van der Waals surface area contributed by atoms with E-state index in [1.165, 1.54) is 11.8 Å². The molecule has 1 aromatic carbocycles. The summed E-state index contributed by atoms with van der Waals surface area (Å²) < 4.78 is 17.8. The number of esters is 2. The Balaban J connectivity index is 1.70. The SMILES string of the molecule is CCOC(=O)c1sc(NC(=O)CSc2nnc(COc3ccccc3Cl)n2CC)c(C(=O)OCC)c1C. The number of halogens is 1. The van der Waals surface area contributed by atoms with Gasteiger partial charge in [-0.05, 0) is 45.4 Å². The molecule has 1 amide bonds. The zero-order valence-corrected chi connectivity index (χ0v) is 23.2. The monoisotopic (exact) mass is 566 g/mol. The molecule has 0 saturated heterocycles. The third-order valence-electron chi connectivity index (χ3n) is 4.98. The molecule has 2 aromatic heterocycles. The van der Waals surface area contributed by atoms with E-state index in [0.717, 1.165) is 11.3 Å². The summed E-state index contributed by atoms with van der Waals surface area (Å²) in [6.45, 7) is 7.99. The fourth-order valence-corrected chi connectivity index (χ4v) is 5.41. The van der Waals surface area contributed by atoms with Crippen LogP contribution in [0.15, 0.2) is 29.4 Å². The molecule has 0 unspecified atom stereocenters. The second-order valence-electron chi connectivity index (χ2n) is 7.40. The molecule has 13 heteroatoms. The van der Waals surface area contributed by atoms with Gasteiger partial charge < -0.3 is 24.1 Å². The summed E-state index contributed by atoms with van der Waals surface area (Å²) in [7, 11) is 0. The van der Waals surface area contributed by atoms with E-state index in [0.29, 0.717) is 33.9 Å². The Labute approximate surface area is 227 Å². The molecule has 0 fully saturated rings. The van der Waals surface area contributed by atoms with E-state index in [1.807, 2.05) is 23.6 Å². The highest BCUT2D eigenvalue weighted by Gasteiger charge is 2.27.